The molecule has 4 aromatic rings. The third-order valence-corrected chi connectivity index (χ3v) is 10.5. The molecule has 4 aromatic carbocycles. The van der Waals surface area contributed by atoms with Crippen molar-refractivity contribution in [2.45, 2.75) is 70.2 Å². The summed E-state index contributed by atoms with van der Waals surface area (Å²) in [5, 5.41) is 0. The van der Waals surface area contributed by atoms with Gasteiger partial charge in [-0.25, -0.2) is 0 Å². The Kier molecular flexibility index (Phi) is 13.1. The molecule has 0 radical (unpaired) electrons. The van der Waals surface area contributed by atoms with E-state index in [0.717, 1.165) is 22.3 Å². The number of likely N-dealkylation sites (tertiary alicyclic amines) is 1. The van der Waals surface area contributed by atoms with Gasteiger partial charge in [0.1, 0.15) is 18.2 Å². The van der Waals surface area contributed by atoms with Crippen LogP contribution >= 0.6 is 7.60 Å². The summed E-state index contributed by atoms with van der Waals surface area (Å²) in [6.45, 7) is 3.21. The highest BCUT2D eigenvalue weighted by molar-refractivity contribution is 7.55. The fourth-order valence-electron chi connectivity index (χ4n) is 6.09. The zero-order valence-corrected chi connectivity index (χ0v) is 28.3. The summed E-state index contributed by atoms with van der Waals surface area (Å²) < 4.78 is 78.5. The molecule has 10 heteroatoms. The van der Waals surface area contributed by atoms with Crippen LogP contribution in [0.25, 0.3) is 0 Å². The number of hydrogen-bond acceptors (Lipinski definition) is 7. The quantitative estimate of drug-likeness (QED) is 0.0978. The highest BCUT2D eigenvalue weighted by Crippen LogP contribution is 2.65. The Morgan fingerprint density at radius 3 is 1.50 bits per heavy atom. The Balaban J connectivity index is 1.59. The first-order valence-corrected chi connectivity index (χ1v) is 17.9. The number of hydrogen-bond donors (Lipinski definition) is 0. The summed E-state index contributed by atoms with van der Waals surface area (Å²) in [6.07, 6.45) is -2.15. The van der Waals surface area contributed by atoms with Gasteiger partial charge in [-0.1, -0.05) is 121 Å². The van der Waals surface area contributed by atoms with Crippen LogP contribution in [0.1, 0.15) is 36.1 Å². The second kappa shape index (κ2) is 17.4. The molecular weight excluding hydrogens is 635 g/mol. The maximum Gasteiger partial charge on any atom is 0.401 e. The van der Waals surface area contributed by atoms with Crippen LogP contribution < -0.4 is 0 Å². The maximum absolute atomic E-state index is 17.2. The number of benzene rings is 4. The van der Waals surface area contributed by atoms with Crippen LogP contribution in [-0.2, 0) is 54.2 Å². The average molecular weight is 680 g/mol. The molecule has 1 saturated heterocycles. The molecule has 48 heavy (non-hydrogen) atoms. The van der Waals surface area contributed by atoms with Crippen LogP contribution in [0.5, 0.6) is 0 Å². The molecule has 0 spiro atoms. The predicted molar refractivity (Wildman–Crippen MR) is 182 cm³/mol. The maximum atomic E-state index is 17.2. The molecule has 1 aliphatic rings. The lowest BCUT2D eigenvalue weighted by molar-refractivity contribution is -0.114. The van der Waals surface area contributed by atoms with Crippen LogP contribution in [0, 0.1) is 0 Å². The summed E-state index contributed by atoms with van der Waals surface area (Å²) in [5.41, 5.74) is -0.570. The lowest BCUT2D eigenvalue weighted by Gasteiger charge is -2.38. The van der Waals surface area contributed by atoms with Gasteiger partial charge >= 0.3 is 13.3 Å². The zero-order valence-electron chi connectivity index (χ0n) is 27.4. The van der Waals surface area contributed by atoms with Crippen LogP contribution in [-0.4, -0.2) is 54.7 Å². The van der Waals surface area contributed by atoms with Crippen molar-refractivity contribution < 1.29 is 36.6 Å². The summed E-state index contributed by atoms with van der Waals surface area (Å²) in [4.78, 5) is 1.62. The van der Waals surface area contributed by atoms with E-state index in [1.54, 1.807) is 4.90 Å². The largest absolute Gasteiger partial charge is 0.401 e. The summed E-state index contributed by atoms with van der Waals surface area (Å²) in [6, 6.07) is 35.4. The van der Waals surface area contributed by atoms with E-state index in [4.69, 9.17) is 23.3 Å². The third-order valence-electron chi connectivity index (χ3n) is 8.30. The zero-order chi connectivity index (χ0) is 33.8. The topological polar surface area (TPSA) is 66.5 Å². The van der Waals surface area contributed by atoms with E-state index in [-0.39, 0.29) is 46.2 Å². The van der Waals surface area contributed by atoms with Gasteiger partial charge in [0.25, 0.3) is 0 Å². The molecule has 1 aliphatic heterocycles. The number of nitrogens with zero attached hydrogens (tertiary/aromatic N) is 1. The van der Waals surface area contributed by atoms with Crippen molar-refractivity contribution in [1.82, 2.24) is 4.90 Å². The molecule has 256 valence electrons. The van der Waals surface area contributed by atoms with Gasteiger partial charge in [-0.2, -0.15) is 8.78 Å². The van der Waals surface area contributed by atoms with Crippen LogP contribution in [0.2, 0.25) is 0 Å². The minimum Gasteiger partial charge on any atom is -0.375 e. The fourth-order valence-corrected chi connectivity index (χ4v) is 7.81. The molecule has 5 rings (SSSR count). The monoisotopic (exact) mass is 679 g/mol. The first-order valence-electron chi connectivity index (χ1n) is 16.4. The predicted octanol–water partition coefficient (Wildman–Crippen LogP) is 8.49. The van der Waals surface area contributed by atoms with Crippen LogP contribution in [0.4, 0.5) is 8.78 Å². The van der Waals surface area contributed by atoms with E-state index < -0.39 is 37.6 Å². The average Bonchev–Trinajstić information content (AvgIpc) is 3.40. The first-order chi connectivity index (χ1) is 23.4. The Bertz CT molecular complexity index is 1540. The number of alkyl halides is 2. The second-order valence-electron chi connectivity index (χ2n) is 11.6. The van der Waals surface area contributed by atoms with Gasteiger partial charge in [0.05, 0.1) is 45.7 Å². The molecule has 1 fully saturated rings. The standard InChI is InChI=1S/C38H44F2NO6P/c1-3-46-48(42,47-4-2)38(39,40)37-36(45-28-33-23-15-8-16-24-33)35(44-27-32-21-13-7-14-22-32)34(29-43-26-31-19-11-6-12-20-31)41(37)25-30-17-9-5-10-18-30/h5-24,34-37H,3-4,25-29H2,1-2H3/t34-,35+,36+,37-/m0/s1. The van der Waals surface area contributed by atoms with Crippen molar-refractivity contribution in [3.63, 3.8) is 0 Å². The van der Waals surface area contributed by atoms with E-state index in [0.29, 0.717) is 0 Å². The number of rotatable bonds is 18. The molecule has 0 saturated carbocycles. The van der Waals surface area contributed by atoms with E-state index in [2.05, 4.69) is 0 Å². The van der Waals surface area contributed by atoms with E-state index in [1.807, 2.05) is 121 Å². The smallest absolute Gasteiger partial charge is 0.375 e. The molecule has 0 aliphatic carbocycles. The molecule has 0 N–H and O–H groups in total. The Morgan fingerprint density at radius 2 is 1.04 bits per heavy atom. The van der Waals surface area contributed by atoms with Crippen LogP contribution in [0.15, 0.2) is 121 Å². The van der Waals surface area contributed by atoms with E-state index in [9.17, 15) is 4.57 Å². The van der Waals surface area contributed by atoms with Gasteiger partial charge in [-0.05, 0) is 36.1 Å². The fraction of sp³-hybridized carbons (Fsp3) is 0.368. The molecule has 4 atom stereocenters. The molecule has 0 unspecified atom stereocenters. The molecule has 0 bridgehead atoms. The van der Waals surface area contributed by atoms with Crippen molar-refractivity contribution in [3.05, 3.63) is 144 Å². The lowest BCUT2D eigenvalue weighted by atomic mass is 10.1. The number of ether oxygens (including phenoxy) is 3. The molecule has 7 nitrogen and oxygen atoms in total. The Hall–Kier alpha value is -3.27. The minimum atomic E-state index is -5.00. The van der Waals surface area contributed by atoms with Gasteiger partial charge < -0.3 is 23.3 Å². The molecule has 0 aromatic heterocycles. The van der Waals surface area contributed by atoms with Crippen molar-refractivity contribution in [1.29, 1.82) is 0 Å². The van der Waals surface area contributed by atoms with Crippen molar-refractivity contribution in [3.8, 4) is 0 Å². The Morgan fingerprint density at radius 1 is 0.625 bits per heavy atom. The van der Waals surface area contributed by atoms with Crippen molar-refractivity contribution in [2.75, 3.05) is 19.8 Å². The van der Waals surface area contributed by atoms with E-state index >= 15 is 8.78 Å². The van der Waals surface area contributed by atoms with Crippen molar-refractivity contribution >= 4 is 7.60 Å². The third kappa shape index (κ3) is 8.84. The van der Waals surface area contributed by atoms with Crippen molar-refractivity contribution in [2.24, 2.45) is 0 Å². The highest BCUT2D eigenvalue weighted by Gasteiger charge is 2.68. The second-order valence-corrected chi connectivity index (χ2v) is 13.7. The molecule has 0 amide bonds. The summed E-state index contributed by atoms with van der Waals surface area (Å²) in [7, 11) is -5.00. The van der Waals surface area contributed by atoms with Gasteiger partial charge in [-0.3, -0.25) is 9.46 Å². The minimum absolute atomic E-state index is 0.0353. The normalized spacial score (nSPS) is 20.2. The molecular formula is C38H44F2NO6P. The van der Waals surface area contributed by atoms with Gasteiger partial charge in [-0.15, -0.1) is 0 Å². The summed E-state index contributed by atoms with van der Waals surface area (Å²) in [5.74, 6) is 0. The Labute approximate surface area is 282 Å². The van der Waals surface area contributed by atoms with Crippen LogP contribution in [0.3, 0.4) is 0 Å². The lowest BCUT2D eigenvalue weighted by Crippen LogP contribution is -2.52. The van der Waals surface area contributed by atoms with E-state index in [1.165, 1.54) is 13.8 Å². The molecule has 1 heterocycles. The summed E-state index contributed by atoms with van der Waals surface area (Å²) >= 11 is 0. The first kappa shape index (κ1) is 36.0. The SMILES string of the molecule is CCOP(=O)(OCC)C(F)(F)[C@@H]1[C@H](OCc2ccccc2)[C@H](OCc2ccccc2)[C@H](COCc2ccccc2)N1Cc1ccccc1. The van der Waals surface area contributed by atoms with Gasteiger partial charge in [0.15, 0.2) is 0 Å². The number of halogens is 2. The van der Waals surface area contributed by atoms with Gasteiger partial charge in [0, 0.05) is 6.54 Å². The highest BCUT2D eigenvalue weighted by atomic mass is 31.2. The van der Waals surface area contributed by atoms with Gasteiger partial charge in [0.2, 0.25) is 0 Å².